The molecule has 0 radical (unpaired) electrons. The number of amides is 3. The second-order valence-electron chi connectivity index (χ2n) is 6.68. The van der Waals surface area contributed by atoms with Crippen LogP contribution >= 0.6 is 0 Å². The Morgan fingerprint density at radius 3 is 2.32 bits per heavy atom. The third-order valence-corrected chi connectivity index (χ3v) is 4.39. The monoisotopic (exact) mass is 421 g/mol. The molecule has 0 bridgehead atoms. The first kappa shape index (κ1) is 21.6. The molecule has 0 aliphatic carbocycles. The highest BCUT2D eigenvalue weighted by molar-refractivity contribution is 5.97. The van der Waals surface area contributed by atoms with E-state index < -0.39 is 11.8 Å². The van der Waals surface area contributed by atoms with Gasteiger partial charge in [-0.3, -0.25) is 14.4 Å². The summed E-state index contributed by atoms with van der Waals surface area (Å²) in [6.45, 7) is -0.213. The molecule has 0 unspecified atom stereocenters. The average molecular weight is 421 g/mol. The second kappa shape index (κ2) is 10.6. The summed E-state index contributed by atoms with van der Waals surface area (Å²) in [7, 11) is 1.56. The number of anilines is 1. The van der Waals surface area contributed by atoms with Crippen molar-refractivity contribution >= 4 is 23.4 Å². The van der Waals surface area contributed by atoms with Crippen molar-refractivity contribution in [2.45, 2.75) is 6.54 Å². The molecule has 8 heteroatoms. The Morgan fingerprint density at radius 1 is 0.935 bits per heavy atom. The zero-order valence-corrected chi connectivity index (χ0v) is 17.0. The normalized spacial score (nSPS) is 10.2. The lowest BCUT2D eigenvalue weighted by atomic mass is 10.2. The Kier molecular flexibility index (Phi) is 7.42. The van der Waals surface area contributed by atoms with Gasteiger partial charge in [0.2, 0.25) is 11.8 Å². The lowest BCUT2D eigenvalue weighted by Gasteiger charge is -2.21. The molecule has 0 aliphatic rings. The third-order valence-electron chi connectivity index (χ3n) is 4.39. The zero-order chi connectivity index (χ0) is 22.1. The molecule has 0 aliphatic heterocycles. The van der Waals surface area contributed by atoms with E-state index >= 15 is 0 Å². The van der Waals surface area contributed by atoms with Crippen LogP contribution in [0.15, 0.2) is 77.4 Å². The number of rotatable bonds is 9. The van der Waals surface area contributed by atoms with Crippen LogP contribution in [0.2, 0.25) is 0 Å². The predicted molar refractivity (Wildman–Crippen MR) is 115 cm³/mol. The minimum atomic E-state index is -0.458. The summed E-state index contributed by atoms with van der Waals surface area (Å²) >= 11 is 0. The quantitative estimate of drug-likeness (QED) is 0.553. The van der Waals surface area contributed by atoms with E-state index in [1.165, 1.54) is 11.2 Å². The lowest BCUT2D eigenvalue weighted by Crippen LogP contribution is -2.42. The van der Waals surface area contributed by atoms with Gasteiger partial charge in [0.1, 0.15) is 12.3 Å². The number of furan rings is 1. The number of hydrogen-bond donors (Lipinski definition) is 2. The predicted octanol–water partition coefficient (Wildman–Crippen LogP) is 2.69. The molecule has 0 fully saturated rings. The van der Waals surface area contributed by atoms with Gasteiger partial charge in [0, 0.05) is 12.2 Å². The molecule has 0 saturated carbocycles. The standard InChI is InChI=1S/C23H23N3O5/c1-30-19-11-9-18(10-12-19)25-21(27)14-24-22(28)16-26(15-17-6-3-2-4-7-17)23(29)20-8-5-13-31-20/h2-13H,14-16H2,1H3,(H,24,28)(H,25,27). The van der Waals surface area contributed by atoms with Crippen LogP contribution in [0.3, 0.4) is 0 Å². The Morgan fingerprint density at radius 2 is 1.68 bits per heavy atom. The van der Waals surface area contributed by atoms with Crippen molar-refractivity contribution in [1.29, 1.82) is 0 Å². The van der Waals surface area contributed by atoms with Crippen molar-refractivity contribution in [3.05, 3.63) is 84.3 Å². The number of nitrogens with one attached hydrogen (secondary N) is 2. The molecule has 0 saturated heterocycles. The molecular weight excluding hydrogens is 398 g/mol. The maximum absolute atomic E-state index is 12.7. The molecular formula is C23H23N3O5. The number of carbonyl (C=O) groups is 3. The molecule has 3 amide bonds. The van der Waals surface area contributed by atoms with Crippen LogP contribution in [0, 0.1) is 0 Å². The van der Waals surface area contributed by atoms with Crippen LogP contribution in [-0.2, 0) is 16.1 Å². The fourth-order valence-electron chi connectivity index (χ4n) is 2.85. The summed E-state index contributed by atoms with van der Waals surface area (Å²) in [5.74, 6) is -0.440. The van der Waals surface area contributed by atoms with E-state index in [1.54, 1.807) is 43.5 Å². The number of methoxy groups -OCH3 is 1. The highest BCUT2D eigenvalue weighted by atomic mass is 16.5. The summed E-state index contributed by atoms with van der Waals surface area (Å²) in [5, 5.41) is 5.22. The van der Waals surface area contributed by atoms with Gasteiger partial charge in [0.15, 0.2) is 5.76 Å². The Labute approximate surface area is 179 Å². The molecule has 160 valence electrons. The second-order valence-corrected chi connectivity index (χ2v) is 6.68. The molecule has 8 nitrogen and oxygen atoms in total. The van der Waals surface area contributed by atoms with Gasteiger partial charge < -0.3 is 24.7 Å². The van der Waals surface area contributed by atoms with Crippen LogP contribution in [0.1, 0.15) is 16.1 Å². The topological polar surface area (TPSA) is 101 Å². The fraction of sp³-hybridized carbons (Fsp3) is 0.174. The van der Waals surface area contributed by atoms with E-state index in [-0.39, 0.29) is 31.3 Å². The minimum absolute atomic E-state index is 0.140. The average Bonchev–Trinajstić information content (AvgIpc) is 3.33. The van der Waals surface area contributed by atoms with Crippen LogP contribution < -0.4 is 15.4 Å². The zero-order valence-electron chi connectivity index (χ0n) is 17.0. The van der Waals surface area contributed by atoms with Crippen LogP contribution in [-0.4, -0.2) is 42.8 Å². The molecule has 0 atom stereocenters. The number of ether oxygens (including phenoxy) is 1. The SMILES string of the molecule is COc1ccc(NC(=O)CNC(=O)CN(Cc2ccccc2)C(=O)c2ccco2)cc1. The van der Waals surface area contributed by atoms with Gasteiger partial charge in [0.05, 0.1) is 19.9 Å². The highest BCUT2D eigenvalue weighted by Crippen LogP contribution is 2.15. The van der Waals surface area contributed by atoms with E-state index in [0.29, 0.717) is 11.4 Å². The molecule has 3 rings (SSSR count). The largest absolute Gasteiger partial charge is 0.497 e. The van der Waals surface area contributed by atoms with E-state index in [1.807, 2.05) is 30.3 Å². The van der Waals surface area contributed by atoms with E-state index in [2.05, 4.69) is 10.6 Å². The Bertz CT molecular complexity index is 1000. The van der Waals surface area contributed by atoms with Gasteiger partial charge >= 0.3 is 0 Å². The van der Waals surface area contributed by atoms with Crippen LogP contribution in [0.5, 0.6) is 5.75 Å². The van der Waals surface area contributed by atoms with E-state index in [9.17, 15) is 14.4 Å². The molecule has 2 aromatic carbocycles. The van der Waals surface area contributed by atoms with E-state index in [0.717, 1.165) is 5.56 Å². The van der Waals surface area contributed by atoms with Crippen molar-refractivity contribution in [1.82, 2.24) is 10.2 Å². The van der Waals surface area contributed by atoms with Crippen molar-refractivity contribution < 1.29 is 23.5 Å². The van der Waals surface area contributed by atoms with Gasteiger partial charge in [-0.25, -0.2) is 0 Å². The molecule has 1 aromatic heterocycles. The summed E-state index contributed by atoms with van der Waals surface area (Å²) in [6.07, 6.45) is 1.40. The molecule has 31 heavy (non-hydrogen) atoms. The highest BCUT2D eigenvalue weighted by Gasteiger charge is 2.21. The van der Waals surface area contributed by atoms with Crippen molar-refractivity contribution in [3.8, 4) is 5.75 Å². The van der Waals surface area contributed by atoms with Gasteiger partial charge in [0.25, 0.3) is 5.91 Å². The number of benzene rings is 2. The fourth-order valence-corrected chi connectivity index (χ4v) is 2.85. The van der Waals surface area contributed by atoms with Crippen LogP contribution in [0.4, 0.5) is 5.69 Å². The summed E-state index contributed by atoms with van der Waals surface area (Å²) < 4.78 is 10.3. The first-order valence-corrected chi connectivity index (χ1v) is 9.62. The first-order valence-electron chi connectivity index (χ1n) is 9.62. The lowest BCUT2D eigenvalue weighted by molar-refractivity contribution is -0.124. The van der Waals surface area contributed by atoms with Gasteiger partial charge in [-0.05, 0) is 42.0 Å². The van der Waals surface area contributed by atoms with Gasteiger partial charge in [-0.15, -0.1) is 0 Å². The van der Waals surface area contributed by atoms with Crippen molar-refractivity contribution in [2.24, 2.45) is 0 Å². The molecule has 2 N–H and O–H groups in total. The third kappa shape index (κ3) is 6.46. The Balaban J connectivity index is 1.56. The number of hydrogen-bond acceptors (Lipinski definition) is 5. The Hall–Kier alpha value is -4.07. The van der Waals surface area contributed by atoms with Crippen molar-refractivity contribution in [2.75, 3.05) is 25.5 Å². The minimum Gasteiger partial charge on any atom is -0.497 e. The number of carbonyl (C=O) groups excluding carboxylic acids is 3. The molecule has 1 heterocycles. The first-order chi connectivity index (χ1) is 15.0. The van der Waals surface area contributed by atoms with Gasteiger partial charge in [-0.2, -0.15) is 0 Å². The molecule has 0 spiro atoms. The van der Waals surface area contributed by atoms with Crippen LogP contribution in [0.25, 0.3) is 0 Å². The summed E-state index contributed by atoms with van der Waals surface area (Å²) in [6, 6.07) is 19.3. The van der Waals surface area contributed by atoms with Crippen molar-refractivity contribution in [3.63, 3.8) is 0 Å². The van der Waals surface area contributed by atoms with E-state index in [4.69, 9.17) is 9.15 Å². The molecule has 3 aromatic rings. The smallest absolute Gasteiger partial charge is 0.290 e. The maximum atomic E-state index is 12.7. The van der Waals surface area contributed by atoms with Gasteiger partial charge in [-0.1, -0.05) is 30.3 Å². The summed E-state index contributed by atoms with van der Waals surface area (Å²) in [4.78, 5) is 38.6. The number of nitrogens with zero attached hydrogens (tertiary/aromatic N) is 1. The summed E-state index contributed by atoms with van der Waals surface area (Å²) in [5.41, 5.74) is 1.45. The maximum Gasteiger partial charge on any atom is 0.290 e.